The normalized spacial score (nSPS) is 17.3. The van der Waals surface area contributed by atoms with Gasteiger partial charge < -0.3 is 14.2 Å². The minimum absolute atomic E-state index is 0.154. The summed E-state index contributed by atoms with van der Waals surface area (Å²) < 4.78 is 16.0. The van der Waals surface area contributed by atoms with Gasteiger partial charge in [0.25, 0.3) is 0 Å². The SMILES string of the molecule is CCCCCCCC(=O)OCC1=COC(CCSC)O1. The highest BCUT2D eigenvalue weighted by Crippen LogP contribution is 2.18. The van der Waals surface area contributed by atoms with Crippen LogP contribution < -0.4 is 0 Å². The van der Waals surface area contributed by atoms with E-state index in [4.69, 9.17) is 14.2 Å². The molecule has 0 aromatic carbocycles. The van der Waals surface area contributed by atoms with Crippen molar-refractivity contribution in [3.63, 3.8) is 0 Å². The van der Waals surface area contributed by atoms with Crippen LogP contribution in [0.3, 0.4) is 0 Å². The lowest BCUT2D eigenvalue weighted by Crippen LogP contribution is -2.12. The smallest absolute Gasteiger partial charge is 0.306 e. The summed E-state index contributed by atoms with van der Waals surface area (Å²) in [5.41, 5.74) is 0. The second kappa shape index (κ2) is 10.9. The molecule has 0 aliphatic carbocycles. The molecule has 0 aromatic rings. The first-order chi connectivity index (χ1) is 9.76. The van der Waals surface area contributed by atoms with Crippen LogP contribution in [0.15, 0.2) is 12.0 Å². The summed E-state index contributed by atoms with van der Waals surface area (Å²) in [6.07, 6.45) is 10.4. The maximum Gasteiger partial charge on any atom is 0.306 e. The molecule has 0 N–H and O–H groups in total. The molecular weight excluding hydrogens is 276 g/mol. The van der Waals surface area contributed by atoms with Crippen LogP contribution in [-0.2, 0) is 19.0 Å². The van der Waals surface area contributed by atoms with Gasteiger partial charge in [-0.2, -0.15) is 11.8 Å². The third kappa shape index (κ3) is 7.68. The Morgan fingerprint density at radius 2 is 2.15 bits per heavy atom. The first-order valence-corrected chi connectivity index (χ1v) is 8.81. The van der Waals surface area contributed by atoms with Gasteiger partial charge in [0.05, 0.1) is 0 Å². The first-order valence-electron chi connectivity index (χ1n) is 7.42. The second-order valence-electron chi connectivity index (χ2n) is 4.87. The molecule has 116 valence electrons. The van der Waals surface area contributed by atoms with E-state index in [2.05, 4.69) is 6.92 Å². The highest BCUT2D eigenvalue weighted by molar-refractivity contribution is 7.98. The predicted molar refractivity (Wildman–Crippen MR) is 81.4 cm³/mol. The van der Waals surface area contributed by atoms with Gasteiger partial charge in [-0.1, -0.05) is 32.6 Å². The third-order valence-corrected chi connectivity index (χ3v) is 3.70. The monoisotopic (exact) mass is 302 g/mol. The van der Waals surface area contributed by atoms with E-state index in [-0.39, 0.29) is 18.9 Å². The van der Waals surface area contributed by atoms with Crippen molar-refractivity contribution in [3.8, 4) is 0 Å². The number of ether oxygens (including phenoxy) is 3. The third-order valence-electron chi connectivity index (χ3n) is 3.05. The number of thioether (sulfide) groups is 1. The number of hydrogen-bond acceptors (Lipinski definition) is 5. The Kier molecular flexibility index (Phi) is 9.37. The molecule has 0 radical (unpaired) electrons. The molecule has 0 fully saturated rings. The van der Waals surface area contributed by atoms with Gasteiger partial charge in [0.15, 0.2) is 12.4 Å². The Morgan fingerprint density at radius 1 is 1.35 bits per heavy atom. The average Bonchev–Trinajstić information content (AvgIpc) is 2.90. The molecule has 1 rings (SSSR count). The molecule has 0 spiro atoms. The predicted octanol–water partition coefficient (Wildman–Crippen LogP) is 3.86. The lowest BCUT2D eigenvalue weighted by atomic mass is 10.1. The van der Waals surface area contributed by atoms with Crippen molar-refractivity contribution in [3.05, 3.63) is 12.0 Å². The number of rotatable bonds is 11. The molecule has 1 aliphatic heterocycles. The van der Waals surface area contributed by atoms with E-state index in [9.17, 15) is 4.79 Å². The fourth-order valence-electron chi connectivity index (χ4n) is 1.88. The minimum atomic E-state index is -0.217. The Hall–Kier alpha value is -0.840. The summed E-state index contributed by atoms with van der Waals surface area (Å²) in [5, 5.41) is 0. The van der Waals surface area contributed by atoms with Crippen molar-refractivity contribution in [2.75, 3.05) is 18.6 Å². The zero-order valence-corrected chi connectivity index (χ0v) is 13.4. The number of carbonyl (C=O) groups excluding carboxylic acids is 1. The van der Waals surface area contributed by atoms with Gasteiger partial charge in [-0.3, -0.25) is 4.79 Å². The standard InChI is InChI=1S/C15H26O4S/c1-3-4-5-6-7-8-14(16)17-11-13-12-18-15(19-13)9-10-20-2/h12,15H,3-11H2,1-2H3. The minimum Gasteiger partial charge on any atom is -0.459 e. The second-order valence-corrected chi connectivity index (χ2v) is 5.86. The molecule has 1 unspecified atom stereocenters. The van der Waals surface area contributed by atoms with E-state index >= 15 is 0 Å². The molecule has 0 aromatic heterocycles. The quantitative estimate of drug-likeness (QED) is 0.428. The van der Waals surface area contributed by atoms with Gasteiger partial charge in [0, 0.05) is 18.6 Å². The number of hydrogen-bond donors (Lipinski definition) is 0. The van der Waals surface area contributed by atoms with Crippen molar-refractivity contribution in [1.29, 1.82) is 0 Å². The lowest BCUT2D eigenvalue weighted by Gasteiger charge is -2.11. The zero-order valence-electron chi connectivity index (χ0n) is 12.6. The maximum atomic E-state index is 11.5. The molecule has 20 heavy (non-hydrogen) atoms. The van der Waals surface area contributed by atoms with Crippen molar-refractivity contribution in [2.24, 2.45) is 0 Å². The molecule has 1 aliphatic rings. The van der Waals surface area contributed by atoms with Crippen LogP contribution in [0, 0.1) is 0 Å². The van der Waals surface area contributed by atoms with E-state index in [1.165, 1.54) is 19.3 Å². The van der Waals surface area contributed by atoms with Crippen LogP contribution in [0.2, 0.25) is 0 Å². The summed E-state index contributed by atoms with van der Waals surface area (Å²) in [4.78, 5) is 11.5. The molecule has 1 heterocycles. The summed E-state index contributed by atoms with van der Waals surface area (Å²) in [6, 6.07) is 0. The van der Waals surface area contributed by atoms with Gasteiger partial charge in [-0.15, -0.1) is 0 Å². The summed E-state index contributed by atoms with van der Waals surface area (Å²) in [6.45, 7) is 2.36. The Balaban J connectivity index is 2.01. The highest BCUT2D eigenvalue weighted by Gasteiger charge is 2.19. The van der Waals surface area contributed by atoms with Crippen LogP contribution in [0.5, 0.6) is 0 Å². The van der Waals surface area contributed by atoms with Crippen LogP contribution in [0.4, 0.5) is 0 Å². The molecule has 0 saturated heterocycles. The van der Waals surface area contributed by atoms with E-state index in [0.717, 1.165) is 25.0 Å². The molecule has 0 bridgehead atoms. The van der Waals surface area contributed by atoms with Gasteiger partial charge >= 0.3 is 5.97 Å². The molecule has 4 nitrogen and oxygen atoms in total. The zero-order chi connectivity index (χ0) is 14.6. The topological polar surface area (TPSA) is 44.8 Å². The molecule has 0 amide bonds. The van der Waals surface area contributed by atoms with Crippen molar-refractivity contribution in [1.82, 2.24) is 0 Å². The Labute approximate surface area is 126 Å². The highest BCUT2D eigenvalue weighted by atomic mass is 32.2. The molecule has 5 heteroatoms. The number of carbonyl (C=O) groups is 1. The largest absolute Gasteiger partial charge is 0.459 e. The van der Waals surface area contributed by atoms with E-state index in [0.29, 0.717) is 12.2 Å². The van der Waals surface area contributed by atoms with Crippen LogP contribution in [-0.4, -0.2) is 30.9 Å². The molecule has 1 atom stereocenters. The first kappa shape index (κ1) is 17.2. The Morgan fingerprint density at radius 3 is 2.90 bits per heavy atom. The van der Waals surface area contributed by atoms with Crippen molar-refractivity contribution >= 4 is 17.7 Å². The van der Waals surface area contributed by atoms with Gasteiger partial charge in [0.1, 0.15) is 6.26 Å². The summed E-state index contributed by atoms with van der Waals surface area (Å²) in [5.74, 6) is 1.44. The summed E-state index contributed by atoms with van der Waals surface area (Å²) >= 11 is 1.75. The van der Waals surface area contributed by atoms with Gasteiger partial charge in [-0.05, 0) is 12.7 Å². The maximum absolute atomic E-state index is 11.5. The average molecular weight is 302 g/mol. The van der Waals surface area contributed by atoms with Crippen LogP contribution >= 0.6 is 11.8 Å². The van der Waals surface area contributed by atoms with Crippen LogP contribution in [0.1, 0.15) is 51.9 Å². The van der Waals surface area contributed by atoms with Crippen molar-refractivity contribution in [2.45, 2.75) is 58.2 Å². The molecule has 0 saturated carbocycles. The van der Waals surface area contributed by atoms with Gasteiger partial charge in [0.2, 0.25) is 6.29 Å². The van der Waals surface area contributed by atoms with Crippen LogP contribution in [0.25, 0.3) is 0 Å². The number of unbranched alkanes of at least 4 members (excludes halogenated alkanes) is 4. The van der Waals surface area contributed by atoms with E-state index in [1.54, 1.807) is 18.0 Å². The number of esters is 1. The van der Waals surface area contributed by atoms with Gasteiger partial charge in [-0.25, -0.2) is 0 Å². The van der Waals surface area contributed by atoms with E-state index < -0.39 is 0 Å². The summed E-state index contributed by atoms with van der Waals surface area (Å²) in [7, 11) is 0. The fourth-order valence-corrected chi connectivity index (χ4v) is 2.31. The van der Waals surface area contributed by atoms with E-state index in [1.807, 2.05) is 6.26 Å². The lowest BCUT2D eigenvalue weighted by molar-refractivity contribution is -0.144. The molecular formula is C15H26O4S. The fraction of sp³-hybridized carbons (Fsp3) is 0.800. The van der Waals surface area contributed by atoms with Crippen molar-refractivity contribution < 1.29 is 19.0 Å². The Bertz CT molecular complexity index is 304.